The van der Waals surface area contributed by atoms with Crippen molar-refractivity contribution in [2.24, 2.45) is 0 Å². The number of nitrogens with one attached hydrogen (secondary N) is 1. The van der Waals surface area contributed by atoms with Gasteiger partial charge in [-0.3, -0.25) is 18.8 Å². The van der Waals surface area contributed by atoms with Crippen molar-refractivity contribution in [1.82, 2.24) is 10.2 Å². The van der Waals surface area contributed by atoms with Gasteiger partial charge in [0.2, 0.25) is 10.0 Å². The van der Waals surface area contributed by atoms with Crippen LogP contribution in [0, 0.1) is 0 Å². The number of imide groups is 1. The van der Waals surface area contributed by atoms with Crippen LogP contribution < -0.4 is 9.62 Å². The Hall–Kier alpha value is -3.20. The molecule has 1 fully saturated rings. The highest BCUT2D eigenvalue weighted by atomic mass is 32.2. The van der Waals surface area contributed by atoms with Gasteiger partial charge >= 0.3 is 6.03 Å². The Balaban J connectivity index is 1.55. The summed E-state index contributed by atoms with van der Waals surface area (Å²) in [6.45, 7) is 9.34. The molecule has 1 saturated heterocycles. The molecular weight excluding hydrogens is 466 g/mol. The number of amides is 3. The summed E-state index contributed by atoms with van der Waals surface area (Å²) in [5, 5.41) is 2.74. The number of carbonyl (C=O) groups excluding carboxylic acids is 3. The van der Waals surface area contributed by atoms with E-state index in [1.165, 1.54) is 4.31 Å². The van der Waals surface area contributed by atoms with E-state index in [0.717, 1.165) is 22.3 Å². The molecule has 186 valence electrons. The number of benzene rings is 2. The molecule has 0 aromatic heterocycles. The van der Waals surface area contributed by atoms with E-state index in [4.69, 9.17) is 0 Å². The number of rotatable bonds is 5. The minimum Gasteiger partial charge on any atom is -0.319 e. The first-order valence-electron chi connectivity index (χ1n) is 11.5. The molecule has 3 amide bonds. The molecule has 0 radical (unpaired) electrons. The van der Waals surface area contributed by atoms with Crippen molar-refractivity contribution in [3.63, 3.8) is 0 Å². The molecule has 0 bridgehead atoms. The summed E-state index contributed by atoms with van der Waals surface area (Å²) >= 11 is 0. The van der Waals surface area contributed by atoms with E-state index >= 15 is 0 Å². The molecule has 9 heteroatoms. The summed E-state index contributed by atoms with van der Waals surface area (Å²) in [4.78, 5) is 40.0. The molecule has 2 aromatic rings. The molecule has 2 heterocycles. The van der Waals surface area contributed by atoms with Crippen molar-refractivity contribution < 1.29 is 22.8 Å². The molecule has 1 N–H and O–H groups in total. The van der Waals surface area contributed by atoms with E-state index in [-0.39, 0.29) is 11.5 Å². The Morgan fingerprint density at radius 1 is 1.11 bits per heavy atom. The molecule has 2 aromatic carbocycles. The van der Waals surface area contributed by atoms with Gasteiger partial charge < -0.3 is 5.32 Å². The molecular formula is C26H31N3O5S. The van der Waals surface area contributed by atoms with Gasteiger partial charge in [-0.2, -0.15) is 0 Å². The predicted molar refractivity (Wildman–Crippen MR) is 134 cm³/mol. The van der Waals surface area contributed by atoms with Crippen molar-refractivity contribution >= 4 is 33.4 Å². The maximum absolute atomic E-state index is 13.3. The zero-order chi connectivity index (χ0) is 25.9. The second-order valence-corrected chi connectivity index (χ2v) is 12.5. The second kappa shape index (κ2) is 8.19. The van der Waals surface area contributed by atoms with E-state index in [1.54, 1.807) is 25.1 Å². The summed E-state index contributed by atoms with van der Waals surface area (Å²) < 4.78 is 25.6. The summed E-state index contributed by atoms with van der Waals surface area (Å²) in [6, 6.07) is 11.5. The van der Waals surface area contributed by atoms with Gasteiger partial charge in [0.05, 0.1) is 18.5 Å². The van der Waals surface area contributed by atoms with Gasteiger partial charge in [0, 0.05) is 11.6 Å². The first-order valence-corrected chi connectivity index (χ1v) is 13.4. The zero-order valence-electron chi connectivity index (χ0n) is 20.9. The van der Waals surface area contributed by atoms with Crippen molar-refractivity contribution in [3.8, 4) is 0 Å². The van der Waals surface area contributed by atoms with Crippen molar-refractivity contribution in [2.75, 3.05) is 17.1 Å². The average Bonchev–Trinajstić information content (AvgIpc) is 3.21. The van der Waals surface area contributed by atoms with Crippen LogP contribution in [0.4, 0.5) is 10.5 Å². The highest BCUT2D eigenvalue weighted by Crippen LogP contribution is 2.35. The largest absolute Gasteiger partial charge is 0.325 e. The number of nitrogens with zero attached hydrogens (tertiary/aromatic N) is 2. The number of fused-ring (bicyclic) bond motifs is 1. The van der Waals surface area contributed by atoms with Crippen LogP contribution in [0.1, 0.15) is 61.7 Å². The first-order chi connectivity index (χ1) is 16.1. The third kappa shape index (κ3) is 4.33. The van der Waals surface area contributed by atoms with E-state index in [2.05, 4.69) is 26.1 Å². The SMILES string of the molecule is C[C@H]1Cc2cc(C(=O)CN3C(=O)N[C@](C)(c4ccc(C(C)(C)C)cc4)C3=O)ccc2N1S(C)(=O)=O. The van der Waals surface area contributed by atoms with Crippen LogP contribution >= 0.6 is 0 Å². The van der Waals surface area contributed by atoms with Gasteiger partial charge in [-0.05, 0) is 60.6 Å². The summed E-state index contributed by atoms with van der Waals surface area (Å²) in [5.41, 5.74) is 2.06. The molecule has 8 nitrogen and oxygen atoms in total. The van der Waals surface area contributed by atoms with Crippen LogP contribution in [0.15, 0.2) is 42.5 Å². The number of hydrogen-bond donors (Lipinski definition) is 1. The highest BCUT2D eigenvalue weighted by Gasteiger charge is 2.49. The van der Waals surface area contributed by atoms with E-state index < -0.39 is 39.8 Å². The van der Waals surface area contributed by atoms with Gasteiger partial charge in [-0.15, -0.1) is 0 Å². The number of Topliss-reactive ketones (excluding diaryl/α,β-unsaturated/α-hetero) is 1. The summed E-state index contributed by atoms with van der Waals surface area (Å²) in [7, 11) is -3.44. The number of carbonyl (C=O) groups is 3. The third-order valence-corrected chi connectivity index (χ3v) is 8.09. The Kier molecular flexibility index (Phi) is 5.83. The average molecular weight is 498 g/mol. The third-order valence-electron chi connectivity index (χ3n) is 6.82. The lowest BCUT2D eigenvalue weighted by Crippen LogP contribution is -2.41. The Bertz CT molecular complexity index is 1330. The lowest BCUT2D eigenvalue weighted by atomic mass is 9.84. The van der Waals surface area contributed by atoms with Gasteiger partial charge in [-0.25, -0.2) is 13.2 Å². The van der Waals surface area contributed by atoms with E-state index in [0.29, 0.717) is 23.2 Å². The van der Waals surface area contributed by atoms with E-state index in [1.807, 2.05) is 31.2 Å². The van der Waals surface area contributed by atoms with Crippen LogP contribution in [0.25, 0.3) is 0 Å². The Morgan fingerprint density at radius 3 is 2.31 bits per heavy atom. The number of urea groups is 1. The fourth-order valence-electron chi connectivity index (χ4n) is 4.86. The lowest BCUT2D eigenvalue weighted by Gasteiger charge is -2.24. The van der Waals surface area contributed by atoms with Gasteiger partial charge in [0.1, 0.15) is 5.54 Å². The molecule has 2 aliphatic heterocycles. The van der Waals surface area contributed by atoms with Crippen LogP contribution in [0.2, 0.25) is 0 Å². The van der Waals surface area contributed by atoms with Gasteiger partial charge in [-0.1, -0.05) is 45.0 Å². The van der Waals surface area contributed by atoms with Crippen LogP contribution in [-0.2, 0) is 32.2 Å². The van der Waals surface area contributed by atoms with Crippen LogP contribution in [0.5, 0.6) is 0 Å². The molecule has 2 aliphatic rings. The normalized spacial score (nSPS) is 22.4. The standard InChI is InChI=1S/C26H31N3O5S/c1-16-13-18-14-17(7-12-21(18)29(16)35(6,33)34)22(30)15-28-23(31)26(5,27-24(28)32)20-10-8-19(9-11-20)25(2,3)4/h7-12,14,16H,13,15H2,1-6H3,(H,27,32)/t16-,26+/m0/s1. The molecule has 0 aliphatic carbocycles. The molecule has 4 rings (SSSR count). The van der Waals surface area contributed by atoms with Crippen LogP contribution in [0.3, 0.4) is 0 Å². The van der Waals surface area contributed by atoms with Gasteiger partial charge in [0.15, 0.2) is 5.78 Å². The minimum atomic E-state index is -3.44. The van der Waals surface area contributed by atoms with Crippen molar-refractivity contribution in [1.29, 1.82) is 0 Å². The highest BCUT2D eigenvalue weighted by molar-refractivity contribution is 7.92. The monoisotopic (exact) mass is 497 g/mol. The number of anilines is 1. The number of sulfonamides is 1. The number of hydrogen-bond acceptors (Lipinski definition) is 5. The molecule has 35 heavy (non-hydrogen) atoms. The summed E-state index contributed by atoms with van der Waals surface area (Å²) in [5.74, 6) is -0.883. The smallest absolute Gasteiger partial charge is 0.319 e. The first kappa shape index (κ1) is 24.9. The fraction of sp³-hybridized carbons (Fsp3) is 0.423. The van der Waals surface area contributed by atoms with E-state index in [9.17, 15) is 22.8 Å². The molecule has 0 spiro atoms. The van der Waals surface area contributed by atoms with Gasteiger partial charge in [0.25, 0.3) is 5.91 Å². The maximum Gasteiger partial charge on any atom is 0.325 e. The Labute approximate surface area is 206 Å². The second-order valence-electron chi connectivity index (χ2n) is 10.7. The Morgan fingerprint density at radius 2 is 1.74 bits per heavy atom. The number of ketones is 1. The van der Waals surface area contributed by atoms with Crippen molar-refractivity contribution in [2.45, 2.75) is 58.0 Å². The zero-order valence-corrected chi connectivity index (χ0v) is 21.7. The topological polar surface area (TPSA) is 104 Å². The lowest BCUT2D eigenvalue weighted by molar-refractivity contribution is -0.130. The van der Waals surface area contributed by atoms with Crippen molar-refractivity contribution in [3.05, 3.63) is 64.7 Å². The van der Waals surface area contributed by atoms with Crippen LogP contribution in [-0.4, -0.2) is 49.9 Å². The quantitative estimate of drug-likeness (QED) is 0.504. The maximum atomic E-state index is 13.3. The molecule has 0 unspecified atom stereocenters. The summed E-state index contributed by atoms with van der Waals surface area (Å²) in [6.07, 6.45) is 1.64. The minimum absolute atomic E-state index is 0.0488. The molecule has 0 saturated carbocycles. The predicted octanol–water partition coefficient (Wildman–Crippen LogP) is 3.34. The molecule has 2 atom stereocenters. The fourth-order valence-corrected chi connectivity index (χ4v) is 6.12.